The summed E-state index contributed by atoms with van der Waals surface area (Å²) in [5.74, 6) is 5.22. The van der Waals surface area contributed by atoms with Gasteiger partial charge in [-0.05, 0) is 45.2 Å². The molecule has 6 atom stereocenters. The highest BCUT2D eigenvalue weighted by Crippen LogP contribution is 2.43. The molecule has 3 fully saturated rings. The number of nitrogens with zero attached hydrogens (tertiary/aromatic N) is 4. The number of hydrogen-bond acceptors (Lipinski definition) is 7. The summed E-state index contributed by atoms with van der Waals surface area (Å²) in [4.78, 5) is 13.3. The monoisotopic (exact) mass is 481 g/mol. The Hall–Kier alpha value is -3.13. The van der Waals surface area contributed by atoms with Gasteiger partial charge in [-0.3, -0.25) is 4.57 Å². The molecule has 0 amide bonds. The fourth-order valence-electron chi connectivity index (χ4n) is 5.02. The molecule has 3 aromatic rings. The summed E-state index contributed by atoms with van der Waals surface area (Å²) in [6.07, 6.45) is 1.79. The first-order valence-corrected chi connectivity index (χ1v) is 11.7. The lowest BCUT2D eigenvalue weighted by molar-refractivity contribution is -0.190. The van der Waals surface area contributed by atoms with E-state index in [4.69, 9.17) is 14.2 Å². The molecule has 1 saturated carbocycles. The van der Waals surface area contributed by atoms with Gasteiger partial charge in [0.1, 0.15) is 36.6 Å². The van der Waals surface area contributed by atoms with Crippen LogP contribution in [0.4, 0.5) is 14.6 Å². The predicted octanol–water partition coefficient (Wildman–Crippen LogP) is 3.74. The second-order valence-corrected chi connectivity index (χ2v) is 9.56. The molecule has 35 heavy (non-hydrogen) atoms. The van der Waals surface area contributed by atoms with Crippen LogP contribution in [-0.2, 0) is 14.2 Å². The largest absolute Gasteiger partial charge is 0.365 e. The van der Waals surface area contributed by atoms with Gasteiger partial charge in [-0.2, -0.15) is 0 Å². The molecule has 2 aliphatic heterocycles. The summed E-state index contributed by atoms with van der Waals surface area (Å²) in [5, 5.41) is 3.31. The summed E-state index contributed by atoms with van der Waals surface area (Å²) >= 11 is 0. The molecular formula is C25H25F2N5O3. The number of nitrogens with one attached hydrogen (secondary N) is 1. The molecule has 0 radical (unpaired) electrons. The minimum atomic E-state index is -0.835. The van der Waals surface area contributed by atoms with Crippen molar-refractivity contribution >= 4 is 17.0 Å². The summed E-state index contributed by atoms with van der Waals surface area (Å²) in [6.45, 7) is 3.67. The van der Waals surface area contributed by atoms with Crippen LogP contribution in [0.5, 0.6) is 0 Å². The third-order valence-electron chi connectivity index (χ3n) is 6.59. The lowest BCUT2D eigenvalue weighted by Gasteiger charge is -2.23. The summed E-state index contributed by atoms with van der Waals surface area (Å²) in [7, 11) is 0. The maximum Gasteiger partial charge on any atom is 0.167 e. The van der Waals surface area contributed by atoms with Gasteiger partial charge in [0.15, 0.2) is 29.0 Å². The standard InChI is InChI=1S/C25H25F2N5O3/c1-25(2)34-20-18(10-7-14-5-3-4-6-17(14)27)33-24(21(20)35-25)32-13-30-19-22(28-12-29-23(19)32)31-16-9-8-15(26)11-16/h3-6,12-13,15-16,18,20-21,24H,8-9,11H2,1-2H3,(H,28,29,31)/t15?,16?,18-,20-,21-,24-/m1/s1. The molecule has 0 spiro atoms. The van der Waals surface area contributed by atoms with Crippen LogP contribution in [0.3, 0.4) is 0 Å². The van der Waals surface area contributed by atoms with Crippen molar-refractivity contribution in [1.82, 2.24) is 19.5 Å². The maximum atomic E-state index is 14.1. The second kappa shape index (κ2) is 8.52. The first-order valence-electron chi connectivity index (χ1n) is 11.7. The molecule has 10 heteroatoms. The number of hydrogen-bond donors (Lipinski definition) is 1. The van der Waals surface area contributed by atoms with Crippen molar-refractivity contribution in [3.63, 3.8) is 0 Å². The van der Waals surface area contributed by atoms with Crippen molar-refractivity contribution in [3.05, 3.63) is 48.3 Å². The number of halogens is 2. The Labute approximate surface area is 201 Å². The van der Waals surface area contributed by atoms with Crippen LogP contribution < -0.4 is 5.32 Å². The van der Waals surface area contributed by atoms with Crippen LogP contribution in [0.15, 0.2) is 36.9 Å². The van der Waals surface area contributed by atoms with Crippen LogP contribution in [0.1, 0.15) is 44.9 Å². The van der Waals surface area contributed by atoms with E-state index in [0.29, 0.717) is 29.8 Å². The Morgan fingerprint density at radius 2 is 1.94 bits per heavy atom. The zero-order chi connectivity index (χ0) is 24.2. The topological polar surface area (TPSA) is 83.3 Å². The summed E-state index contributed by atoms with van der Waals surface area (Å²) in [6, 6.07) is 6.34. The van der Waals surface area contributed by atoms with Gasteiger partial charge in [0.2, 0.25) is 0 Å². The Bertz CT molecular complexity index is 1320. The fraction of sp³-hybridized carbons (Fsp3) is 0.480. The maximum absolute atomic E-state index is 14.1. The molecule has 2 aromatic heterocycles. The SMILES string of the molecule is CC1(C)O[C@@H]2[C@H](O1)[C@@H](C#Cc1ccccc1F)O[C@H]2n1cnc2c(NC3CCC(F)C3)ncnc21. The predicted molar refractivity (Wildman–Crippen MR) is 122 cm³/mol. The van der Waals surface area contributed by atoms with Crippen LogP contribution in [0, 0.1) is 17.7 Å². The fourth-order valence-corrected chi connectivity index (χ4v) is 5.02. The van der Waals surface area contributed by atoms with Gasteiger partial charge in [-0.25, -0.2) is 23.7 Å². The van der Waals surface area contributed by atoms with Crippen molar-refractivity contribution < 1.29 is 23.0 Å². The molecule has 1 aromatic carbocycles. The quantitative estimate of drug-likeness (QED) is 0.571. The lowest BCUT2D eigenvalue weighted by Crippen LogP contribution is -2.28. The number of imidazole rings is 1. The van der Waals surface area contributed by atoms with Gasteiger partial charge >= 0.3 is 0 Å². The van der Waals surface area contributed by atoms with Gasteiger partial charge in [-0.1, -0.05) is 24.0 Å². The van der Waals surface area contributed by atoms with Crippen molar-refractivity contribution in [1.29, 1.82) is 0 Å². The van der Waals surface area contributed by atoms with E-state index in [1.165, 1.54) is 12.4 Å². The zero-order valence-corrected chi connectivity index (χ0v) is 19.3. The molecule has 8 nitrogen and oxygen atoms in total. The van der Waals surface area contributed by atoms with Crippen LogP contribution >= 0.6 is 0 Å². The highest BCUT2D eigenvalue weighted by atomic mass is 19.1. The number of aromatic nitrogens is 4. The average Bonchev–Trinajstić information content (AvgIpc) is 3.57. The van der Waals surface area contributed by atoms with Crippen LogP contribution in [0.2, 0.25) is 0 Å². The van der Waals surface area contributed by atoms with Crippen LogP contribution in [0.25, 0.3) is 11.2 Å². The number of ether oxygens (including phenoxy) is 3. The first kappa shape index (κ1) is 22.3. The molecule has 6 rings (SSSR count). The second-order valence-electron chi connectivity index (χ2n) is 9.56. The number of benzene rings is 1. The Morgan fingerprint density at radius 1 is 1.11 bits per heavy atom. The average molecular weight is 482 g/mol. The van der Waals surface area contributed by atoms with Gasteiger partial charge in [0.05, 0.1) is 11.9 Å². The minimum absolute atomic E-state index is 0.00534. The normalized spacial score (nSPS) is 31.3. The van der Waals surface area contributed by atoms with E-state index in [2.05, 4.69) is 32.1 Å². The number of fused-ring (bicyclic) bond motifs is 2. The first-order chi connectivity index (χ1) is 16.9. The molecule has 1 N–H and O–H groups in total. The summed E-state index contributed by atoms with van der Waals surface area (Å²) in [5.41, 5.74) is 1.40. The van der Waals surface area contributed by atoms with Crippen molar-refractivity contribution in [2.45, 2.75) is 75.7 Å². The molecule has 2 saturated heterocycles. The zero-order valence-electron chi connectivity index (χ0n) is 19.3. The molecule has 1 aliphatic carbocycles. The Balaban J connectivity index is 1.32. The smallest absolute Gasteiger partial charge is 0.167 e. The van der Waals surface area contributed by atoms with E-state index in [1.807, 2.05) is 13.8 Å². The number of rotatable bonds is 3. The van der Waals surface area contributed by atoms with E-state index in [9.17, 15) is 8.78 Å². The van der Waals surface area contributed by atoms with Crippen LogP contribution in [-0.4, -0.2) is 55.8 Å². The summed E-state index contributed by atoms with van der Waals surface area (Å²) < 4.78 is 48.1. The van der Waals surface area contributed by atoms with Crippen molar-refractivity contribution in [3.8, 4) is 11.8 Å². The Kier molecular flexibility index (Phi) is 5.44. The van der Waals surface area contributed by atoms with E-state index in [1.54, 1.807) is 29.1 Å². The molecule has 3 aliphatic rings. The van der Waals surface area contributed by atoms with Crippen molar-refractivity contribution in [2.24, 2.45) is 0 Å². The third kappa shape index (κ3) is 4.14. The van der Waals surface area contributed by atoms with E-state index in [-0.39, 0.29) is 11.6 Å². The van der Waals surface area contributed by atoms with Gasteiger partial charge in [0.25, 0.3) is 0 Å². The Morgan fingerprint density at radius 3 is 2.74 bits per heavy atom. The highest BCUT2D eigenvalue weighted by molar-refractivity contribution is 5.82. The van der Waals surface area contributed by atoms with Gasteiger partial charge in [-0.15, -0.1) is 0 Å². The van der Waals surface area contributed by atoms with E-state index < -0.39 is 42.3 Å². The molecule has 2 unspecified atom stereocenters. The van der Waals surface area contributed by atoms with Crippen molar-refractivity contribution in [2.75, 3.05) is 5.32 Å². The highest BCUT2D eigenvalue weighted by Gasteiger charge is 2.56. The van der Waals surface area contributed by atoms with Gasteiger partial charge < -0.3 is 19.5 Å². The van der Waals surface area contributed by atoms with E-state index in [0.717, 1.165) is 6.42 Å². The number of alkyl halides is 1. The van der Waals surface area contributed by atoms with Gasteiger partial charge in [0, 0.05) is 6.04 Å². The molecule has 4 heterocycles. The molecule has 0 bridgehead atoms. The molecular weight excluding hydrogens is 456 g/mol. The van der Waals surface area contributed by atoms with E-state index >= 15 is 0 Å². The molecule has 182 valence electrons. The lowest BCUT2D eigenvalue weighted by atomic mass is 10.1. The number of anilines is 1. The minimum Gasteiger partial charge on any atom is -0.365 e. The third-order valence-corrected chi connectivity index (χ3v) is 6.59.